The summed E-state index contributed by atoms with van der Waals surface area (Å²) in [6.07, 6.45) is 1.84. The minimum absolute atomic E-state index is 0.285. The van der Waals surface area contributed by atoms with Gasteiger partial charge in [0.25, 0.3) is 0 Å². The average Bonchev–Trinajstić information content (AvgIpc) is 2.37. The van der Waals surface area contributed by atoms with E-state index in [1.54, 1.807) is 0 Å². The lowest BCUT2D eigenvalue weighted by Gasteiger charge is -2.03. The third-order valence-corrected chi connectivity index (χ3v) is 1.35. The summed E-state index contributed by atoms with van der Waals surface area (Å²) in [4.78, 5) is 4.13. The Bertz CT molecular complexity index is 140. The molecule has 1 atom stereocenters. The van der Waals surface area contributed by atoms with E-state index in [4.69, 9.17) is 4.74 Å². The van der Waals surface area contributed by atoms with Crippen molar-refractivity contribution in [2.45, 2.75) is 6.92 Å². The van der Waals surface area contributed by atoms with E-state index in [0.29, 0.717) is 0 Å². The fourth-order valence-electron chi connectivity index (χ4n) is 0.728. The average molecular weight is 125 g/mol. The van der Waals surface area contributed by atoms with Crippen molar-refractivity contribution in [3.05, 3.63) is 12.7 Å². The maximum Gasteiger partial charge on any atom is 0.190 e. The molecule has 2 heteroatoms. The molecule has 1 aliphatic rings. The van der Waals surface area contributed by atoms with Crippen LogP contribution in [0.4, 0.5) is 0 Å². The van der Waals surface area contributed by atoms with Gasteiger partial charge in [-0.3, -0.25) is 4.99 Å². The smallest absolute Gasteiger partial charge is 0.190 e. The van der Waals surface area contributed by atoms with Crippen LogP contribution in [0.5, 0.6) is 0 Å². The highest BCUT2D eigenvalue weighted by molar-refractivity contribution is 5.81. The zero-order chi connectivity index (χ0) is 6.69. The van der Waals surface area contributed by atoms with Crippen LogP contribution >= 0.6 is 0 Å². The molecule has 1 rings (SSSR count). The van der Waals surface area contributed by atoms with Crippen LogP contribution in [0.3, 0.4) is 0 Å². The molecular weight excluding hydrogens is 114 g/mol. The minimum atomic E-state index is 0.285. The molecule has 0 amide bonds. The van der Waals surface area contributed by atoms with Crippen LogP contribution in [0.1, 0.15) is 6.92 Å². The van der Waals surface area contributed by atoms with Crippen molar-refractivity contribution in [1.29, 1.82) is 0 Å². The second-order valence-corrected chi connectivity index (χ2v) is 2.09. The Hall–Kier alpha value is -0.790. The minimum Gasteiger partial charge on any atom is -0.479 e. The SMILES string of the molecule is C=CC(C)C1=NCCO1. The lowest BCUT2D eigenvalue weighted by Crippen LogP contribution is -2.07. The number of hydrogen-bond acceptors (Lipinski definition) is 2. The number of hydrogen-bond donors (Lipinski definition) is 0. The van der Waals surface area contributed by atoms with Crippen molar-refractivity contribution in [3.8, 4) is 0 Å². The van der Waals surface area contributed by atoms with Crippen molar-refractivity contribution >= 4 is 5.90 Å². The van der Waals surface area contributed by atoms with Crippen molar-refractivity contribution in [2.75, 3.05) is 13.2 Å². The molecule has 0 bridgehead atoms. The van der Waals surface area contributed by atoms with E-state index in [0.717, 1.165) is 19.0 Å². The molecule has 0 aliphatic carbocycles. The van der Waals surface area contributed by atoms with Gasteiger partial charge in [0.2, 0.25) is 0 Å². The first kappa shape index (κ1) is 6.33. The first-order chi connectivity index (χ1) is 4.34. The van der Waals surface area contributed by atoms with Gasteiger partial charge in [0.15, 0.2) is 5.90 Å². The lowest BCUT2D eigenvalue weighted by atomic mass is 10.2. The van der Waals surface area contributed by atoms with Crippen LogP contribution in [0.2, 0.25) is 0 Å². The number of rotatable bonds is 2. The molecule has 1 heterocycles. The second kappa shape index (κ2) is 2.67. The lowest BCUT2D eigenvalue weighted by molar-refractivity contribution is 0.332. The molecule has 9 heavy (non-hydrogen) atoms. The van der Waals surface area contributed by atoms with E-state index < -0.39 is 0 Å². The Kier molecular flexibility index (Phi) is 1.88. The highest BCUT2D eigenvalue weighted by atomic mass is 16.5. The summed E-state index contributed by atoms with van der Waals surface area (Å²) in [5.74, 6) is 1.12. The molecular formula is C7H11NO. The third-order valence-electron chi connectivity index (χ3n) is 1.35. The van der Waals surface area contributed by atoms with Crippen molar-refractivity contribution in [3.63, 3.8) is 0 Å². The number of nitrogens with zero attached hydrogens (tertiary/aromatic N) is 1. The van der Waals surface area contributed by atoms with Gasteiger partial charge >= 0.3 is 0 Å². The summed E-state index contributed by atoms with van der Waals surface area (Å²) in [5, 5.41) is 0. The van der Waals surface area contributed by atoms with Crippen LogP contribution < -0.4 is 0 Å². The quantitative estimate of drug-likeness (QED) is 0.509. The standard InChI is InChI=1S/C7H11NO/c1-3-6(2)7-8-4-5-9-7/h3,6H,1,4-5H2,2H3. The number of aliphatic imine (C=N–C) groups is 1. The summed E-state index contributed by atoms with van der Waals surface area (Å²) in [7, 11) is 0. The molecule has 1 aliphatic heterocycles. The van der Waals surface area contributed by atoms with Crippen molar-refractivity contribution in [1.82, 2.24) is 0 Å². The Balaban J connectivity index is 2.50. The molecule has 0 aromatic rings. The fraction of sp³-hybridized carbons (Fsp3) is 0.571. The maximum absolute atomic E-state index is 5.18. The summed E-state index contributed by atoms with van der Waals surface area (Å²) in [6, 6.07) is 0. The number of ether oxygens (including phenoxy) is 1. The van der Waals surface area contributed by atoms with Gasteiger partial charge in [0, 0.05) is 5.92 Å². The summed E-state index contributed by atoms with van der Waals surface area (Å²) in [6.45, 7) is 7.23. The van der Waals surface area contributed by atoms with E-state index in [1.807, 2.05) is 13.0 Å². The molecule has 0 saturated carbocycles. The summed E-state index contributed by atoms with van der Waals surface area (Å²) < 4.78 is 5.18. The highest BCUT2D eigenvalue weighted by Crippen LogP contribution is 2.05. The molecule has 0 N–H and O–H groups in total. The van der Waals surface area contributed by atoms with Gasteiger partial charge in [-0.15, -0.1) is 6.58 Å². The third kappa shape index (κ3) is 1.31. The molecule has 0 spiro atoms. The van der Waals surface area contributed by atoms with E-state index in [2.05, 4.69) is 11.6 Å². The van der Waals surface area contributed by atoms with Crippen LogP contribution in [-0.2, 0) is 4.74 Å². The largest absolute Gasteiger partial charge is 0.479 e. The Morgan fingerprint density at radius 1 is 1.89 bits per heavy atom. The molecule has 0 fully saturated rings. The molecule has 50 valence electrons. The van der Waals surface area contributed by atoms with Crippen LogP contribution in [-0.4, -0.2) is 19.0 Å². The van der Waals surface area contributed by atoms with E-state index in [9.17, 15) is 0 Å². The normalized spacial score (nSPS) is 20.3. The van der Waals surface area contributed by atoms with Gasteiger partial charge in [-0.05, 0) is 0 Å². The van der Waals surface area contributed by atoms with Gasteiger partial charge in [-0.25, -0.2) is 0 Å². The molecule has 2 nitrogen and oxygen atoms in total. The Morgan fingerprint density at radius 3 is 3.11 bits per heavy atom. The Labute approximate surface area is 55.2 Å². The summed E-state index contributed by atoms with van der Waals surface area (Å²) in [5.41, 5.74) is 0. The molecule has 0 aromatic carbocycles. The zero-order valence-corrected chi connectivity index (χ0v) is 5.63. The van der Waals surface area contributed by atoms with Gasteiger partial charge in [0.05, 0.1) is 6.54 Å². The second-order valence-electron chi connectivity index (χ2n) is 2.09. The van der Waals surface area contributed by atoms with Crippen LogP contribution in [0.25, 0.3) is 0 Å². The van der Waals surface area contributed by atoms with Crippen molar-refractivity contribution in [2.24, 2.45) is 10.9 Å². The van der Waals surface area contributed by atoms with Crippen LogP contribution in [0.15, 0.2) is 17.6 Å². The summed E-state index contributed by atoms with van der Waals surface area (Å²) >= 11 is 0. The first-order valence-corrected chi connectivity index (χ1v) is 3.14. The monoisotopic (exact) mass is 125 g/mol. The van der Waals surface area contributed by atoms with E-state index >= 15 is 0 Å². The first-order valence-electron chi connectivity index (χ1n) is 3.14. The maximum atomic E-state index is 5.18. The van der Waals surface area contributed by atoms with Gasteiger partial charge in [-0.2, -0.15) is 0 Å². The predicted octanol–water partition coefficient (Wildman–Crippen LogP) is 1.24. The van der Waals surface area contributed by atoms with E-state index in [1.165, 1.54) is 0 Å². The van der Waals surface area contributed by atoms with Crippen molar-refractivity contribution < 1.29 is 4.74 Å². The Morgan fingerprint density at radius 2 is 2.67 bits per heavy atom. The molecule has 0 aromatic heterocycles. The van der Waals surface area contributed by atoms with E-state index in [-0.39, 0.29) is 5.92 Å². The topological polar surface area (TPSA) is 21.6 Å². The highest BCUT2D eigenvalue weighted by Gasteiger charge is 2.11. The van der Waals surface area contributed by atoms with Gasteiger partial charge in [-0.1, -0.05) is 13.0 Å². The van der Waals surface area contributed by atoms with Crippen LogP contribution in [0, 0.1) is 5.92 Å². The molecule has 1 unspecified atom stereocenters. The molecule has 0 radical (unpaired) electrons. The molecule has 0 saturated heterocycles. The van der Waals surface area contributed by atoms with Gasteiger partial charge < -0.3 is 4.74 Å². The fourth-order valence-corrected chi connectivity index (χ4v) is 0.728. The van der Waals surface area contributed by atoms with Gasteiger partial charge in [0.1, 0.15) is 6.61 Å². The predicted molar refractivity (Wildman–Crippen MR) is 37.6 cm³/mol. The zero-order valence-electron chi connectivity index (χ0n) is 5.63.